The Balaban J connectivity index is 1.73. The molecule has 3 rings (SSSR count). The summed E-state index contributed by atoms with van der Waals surface area (Å²) in [6.45, 7) is 3.05. The standard InChI is InChI=1S/C16H20FN5O/c1-10-18-15(20-19-10)12-6-7-22(9-12)16(23)11-4-5-14(21(2)3)13(17)8-11/h4-5,8,12H,6-7,9H2,1-3H3,(H,18,19,20). The highest BCUT2D eigenvalue weighted by molar-refractivity contribution is 5.94. The molecule has 1 saturated heterocycles. The summed E-state index contributed by atoms with van der Waals surface area (Å²) in [5.74, 6) is 1.11. The van der Waals surface area contributed by atoms with Crippen LogP contribution in [0.25, 0.3) is 0 Å². The van der Waals surface area contributed by atoms with Gasteiger partial charge in [-0.25, -0.2) is 9.37 Å². The predicted molar refractivity (Wildman–Crippen MR) is 85.1 cm³/mol. The third kappa shape index (κ3) is 3.04. The second-order valence-electron chi connectivity index (χ2n) is 6.08. The van der Waals surface area contributed by atoms with Gasteiger partial charge >= 0.3 is 0 Å². The van der Waals surface area contributed by atoms with E-state index in [1.165, 1.54) is 6.07 Å². The number of nitrogens with zero attached hydrogens (tertiary/aromatic N) is 4. The summed E-state index contributed by atoms with van der Waals surface area (Å²) in [5.41, 5.74) is 0.844. The number of aryl methyl sites for hydroxylation is 1. The van der Waals surface area contributed by atoms with Crippen molar-refractivity contribution in [2.45, 2.75) is 19.3 Å². The van der Waals surface area contributed by atoms with E-state index in [1.54, 1.807) is 36.0 Å². The van der Waals surface area contributed by atoms with Gasteiger partial charge in [-0.3, -0.25) is 9.89 Å². The maximum atomic E-state index is 14.1. The van der Waals surface area contributed by atoms with Gasteiger partial charge in [-0.05, 0) is 31.5 Å². The maximum Gasteiger partial charge on any atom is 0.253 e. The second kappa shape index (κ2) is 5.98. The smallest absolute Gasteiger partial charge is 0.253 e. The average Bonchev–Trinajstić information content (AvgIpc) is 3.14. The number of anilines is 1. The number of carbonyl (C=O) groups is 1. The minimum Gasteiger partial charge on any atom is -0.375 e. The van der Waals surface area contributed by atoms with Crippen molar-refractivity contribution in [3.8, 4) is 0 Å². The number of rotatable bonds is 3. The fourth-order valence-corrected chi connectivity index (χ4v) is 2.88. The Morgan fingerprint density at radius 3 is 2.83 bits per heavy atom. The lowest BCUT2D eigenvalue weighted by Crippen LogP contribution is -2.28. The number of carbonyl (C=O) groups excluding carboxylic acids is 1. The van der Waals surface area contributed by atoms with Gasteiger partial charge in [-0.15, -0.1) is 0 Å². The van der Waals surface area contributed by atoms with Crippen molar-refractivity contribution in [2.24, 2.45) is 0 Å². The highest BCUT2D eigenvalue weighted by Crippen LogP contribution is 2.27. The van der Waals surface area contributed by atoms with Crippen molar-refractivity contribution < 1.29 is 9.18 Å². The fraction of sp³-hybridized carbons (Fsp3) is 0.438. The Bertz CT molecular complexity index is 727. The van der Waals surface area contributed by atoms with Crippen LogP contribution in [0.4, 0.5) is 10.1 Å². The van der Waals surface area contributed by atoms with Crippen LogP contribution in [-0.4, -0.2) is 53.2 Å². The zero-order chi connectivity index (χ0) is 16.6. The lowest BCUT2D eigenvalue weighted by atomic mass is 10.1. The molecule has 1 aromatic carbocycles. The number of aromatic amines is 1. The lowest BCUT2D eigenvalue weighted by Gasteiger charge is -2.18. The Labute approximate surface area is 134 Å². The lowest BCUT2D eigenvalue weighted by molar-refractivity contribution is 0.0790. The van der Waals surface area contributed by atoms with E-state index in [-0.39, 0.29) is 17.6 Å². The summed E-state index contributed by atoms with van der Waals surface area (Å²) in [5, 5.41) is 7.00. The van der Waals surface area contributed by atoms with Crippen LogP contribution in [-0.2, 0) is 0 Å². The average molecular weight is 317 g/mol. The van der Waals surface area contributed by atoms with Crippen LogP contribution in [0.2, 0.25) is 0 Å². The number of nitrogens with one attached hydrogen (secondary N) is 1. The number of H-pyrrole nitrogens is 1. The van der Waals surface area contributed by atoms with E-state index in [0.717, 1.165) is 18.1 Å². The number of amides is 1. The minimum absolute atomic E-state index is 0.134. The SMILES string of the molecule is Cc1nc(C2CCN(C(=O)c3ccc(N(C)C)c(F)c3)C2)n[nH]1. The van der Waals surface area contributed by atoms with Crippen molar-refractivity contribution in [3.05, 3.63) is 41.2 Å². The fourth-order valence-electron chi connectivity index (χ4n) is 2.88. The van der Waals surface area contributed by atoms with Crippen molar-refractivity contribution in [2.75, 3.05) is 32.1 Å². The number of aromatic nitrogens is 3. The molecular weight excluding hydrogens is 297 g/mol. The first kappa shape index (κ1) is 15.5. The predicted octanol–water partition coefficient (Wildman–Crippen LogP) is 1.95. The van der Waals surface area contributed by atoms with Gasteiger partial charge in [0, 0.05) is 38.7 Å². The van der Waals surface area contributed by atoms with Crippen LogP contribution in [0.3, 0.4) is 0 Å². The zero-order valence-electron chi connectivity index (χ0n) is 13.5. The van der Waals surface area contributed by atoms with Gasteiger partial charge in [0.25, 0.3) is 5.91 Å². The monoisotopic (exact) mass is 317 g/mol. The molecule has 6 nitrogen and oxygen atoms in total. The van der Waals surface area contributed by atoms with Gasteiger partial charge < -0.3 is 9.80 Å². The molecule has 1 aliphatic heterocycles. The first-order valence-electron chi connectivity index (χ1n) is 7.60. The van der Waals surface area contributed by atoms with Crippen molar-refractivity contribution in [1.29, 1.82) is 0 Å². The van der Waals surface area contributed by atoms with Gasteiger partial charge in [0.05, 0.1) is 5.69 Å². The number of benzene rings is 1. The van der Waals surface area contributed by atoms with E-state index in [9.17, 15) is 9.18 Å². The Morgan fingerprint density at radius 1 is 1.43 bits per heavy atom. The molecule has 1 aliphatic rings. The Morgan fingerprint density at radius 2 is 2.22 bits per heavy atom. The largest absolute Gasteiger partial charge is 0.375 e. The molecule has 0 radical (unpaired) electrons. The van der Waals surface area contributed by atoms with E-state index in [2.05, 4.69) is 15.2 Å². The molecule has 7 heteroatoms. The van der Waals surface area contributed by atoms with Gasteiger partial charge in [-0.1, -0.05) is 0 Å². The van der Waals surface area contributed by atoms with Crippen LogP contribution >= 0.6 is 0 Å². The number of hydrogen-bond acceptors (Lipinski definition) is 4. The van der Waals surface area contributed by atoms with E-state index >= 15 is 0 Å². The summed E-state index contributed by atoms with van der Waals surface area (Å²) in [4.78, 5) is 20.3. The normalized spacial score (nSPS) is 17.6. The highest BCUT2D eigenvalue weighted by atomic mass is 19.1. The van der Waals surface area contributed by atoms with Gasteiger partial charge in [0.1, 0.15) is 11.6 Å². The maximum absolute atomic E-state index is 14.1. The first-order chi connectivity index (χ1) is 11.0. The van der Waals surface area contributed by atoms with Crippen molar-refractivity contribution in [1.82, 2.24) is 20.1 Å². The van der Waals surface area contributed by atoms with Crippen LogP contribution < -0.4 is 4.90 Å². The molecule has 1 atom stereocenters. The number of halogens is 1. The molecule has 0 spiro atoms. The summed E-state index contributed by atoms with van der Waals surface area (Å²) in [7, 11) is 3.54. The molecule has 2 heterocycles. The van der Waals surface area contributed by atoms with Crippen LogP contribution in [0, 0.1) is 12.7 Å². The van der Waals surface area contributed by atoms with E-state index < -0.39 is 0 Å². The molecule has 23 heavy (non-hydrogen) atoms. The molecule has 1 N–H and O–H groups in total. The quantitative estimate of drug-likeness (QED) is 0.940. The summed E-state index contributed by atoms with van der Waals surface area (Å²) >= 11 is 0. The van der Waals surface area contributed by atoms with E-state index in [1.807, 2.05) is 6.92 Å². The third-order valence-electron chi connectivity index (χ3n) is 4.13. The molecule has 1 amide bonds. The van der Waals surface area contributed by atoms with Crippen LogP contribution in [0.15, 0.2) is 18.2 Å². The first-order valence-corrected chi connectivity index (χ1v) is 7.60. The van der Waals surface area contributed by atoms with Gasteiger partial charge in [0.15, 0.2) is 5.82 Å². The summed E-state index contributed by atoms with van der Waals surface area (Å²) in [6, 6.07) is 4.61. The number of likely N-dealkylation sites (tertiary alicyclic amines) is 1. The molecule has 0 aliphatic carbocycles. The molecule has 1 aromatic heterocycles. The minimum atomic E-state index is -0.388. The summed E-state index contributed by atoms with van der Waals surface area (Å²) < 4.78 is 14.1. The Hall–Kier alpha value is -2.44. The van der Waals surface area contributed by atoms with Crippen LogP contribution in [0.1, 0.15) is 34.3 Å². The third-order valence-corrected chi connectivity index (χ3v) is 4.13. The zero-order valence-corrected chi connectivity index (χ0v) is 13.5. The summed E-state index contributed by atoms with van der Waals surface area (Å²) in [6.07, 6.45) is 0.821. The van der Waals surface area contributed by atoms with Crippen LogP contribution in [0.5, 0.6) is 0 Å². The van der Waals surface area contributed by atoms with Crippen molar-refractivity contribution in [3.63, 3.8) is 0 Å². The molecular formula is C16H20FN5O. The van der Waals surface area contributed by atoms with E-state index in [0.29, 0.717) is 24.3 Å². The van der Waals surface area contributed by atoms with E-state index in [4.69, 9.17) is 0 Å². The highest BCUT2D eigenvalue weighted by Gasteiger charge is 2.30. The second-order valence-corrected chi connectivity index (χ2v) is 6.08. The molecule has 2 aromatic rings. The topological polar surface area (TPSA) is 65.1 Å². The number of hydrogen-bond donors (Lipinski definition) is 1. The molecule has 1 fully saturated rings. The molecule has 1 unspecified atom stereocenters. The molecule has 0 saturated carbocycles. The molecule has 122 valence electrons. The molecule has 0 bridgehead atoms. The van der Waals surface area contributed by atoms with Gasteiger partial charge in [-0.2, -0.15) is 5.10 Å². The van der Waals surface area contributed by atoms with Gasteiger partial charge in [0.2, 0.25) is 0 Å². The Kier molecular flexibility index (Phi) is 4.02. The van der Waals surface area contributed by atoms with Crippen molar-refractivity contribution >= 4 is 11.6 Å².